The summed E-state index contributed by atoms with van der Waals surface area (Å²) in [6.45, 7) is 5.76. The zero-order valence-corrected chi connectivity index (χ0v) is 17.0. The Morgan fingerprint density at radius 1 is 1.14 bits per heavy atom. The van der Waals surface area contributed by atoms with Crippen molar-refractivity contribution in [1.82, 2.24) is 25.2 Å². The third-order valence-corrected chi connectivity index (χ3v) is 5.41. The molecule has 0 saturated heterocycles. The van der Waals surface area contributed by atoms with Gasteiger partial charge in [-0.05, 0) is 53.8 Å². The summed E-state index contributed by atoms with van der Waals surface area (Å²) in [5.41, 5.74) is 6.48. The summed E-state index contributed by atoms with van der Waals surface area (Å²) < 4.78 is 0. The largest absolute Gasteiger partial charge is 0.334 e. The van der Waals surface area contributed by atoms with Gasteiger partial charge in [-0.25, -0.2) is 0 Å². The van der Waals surface area contributed by atoms with E-state index >= 15 is 0 Å². The lowest BCUT2D eigenvalue weighted by molar-refractivity contribution is 0.0992. The van der Waals surface area contributed by atoms with Crippen LogP contribution in [-0.4, -0.2) is 44.1 Å². The Balaban J connectivity index is 1.49. The number of nitrogens with zero attached hydrogens (tertiary/aromatic N) is 6. The fraction of sp³-hybridized carbons (Fsp3) is 0.318. The number of hydrogen-bond donors (Lipinski definition) is 0. The van der Waals surface area contributed by atoms with E-state index in [1.165, 1.54) is 21.5 Å². The molecule has 1 aliphatic rings. The molecule has 0 spiro atoms. The van der Waals surface area contributed by atoms with Gasteiger partial charge in [-0.3, -0.25) is 9.78 Å². The molecule has 1 aliphatic heterocycles. The first-order valence-electron chi connectivity index (χ1n) is 9.72. The normalized spacial score (nSPS) is 14.4. The molecule has 0 radical (unpaired) electrons. The van der Waals surface area contributed by atoms with Crippen LogP contribution in [0.5, 0.6) is 0 Å². The lowest BCUT2D eigenvalue weighted by Gasteiger charge is -2.29. The molecule has 0 unspecified atom stereocenters. The van der Waals surface area contributed by atoms with Gasteiger partial charge in [0.25, 0.3) is 5.95 Å². The number of aromatic nitrogens is 5. The molecule has 7 nitrogen and oxygen atoms in total. The summed E-state index contributed by atoms with van der Waals surface area (Å²) >= 11 is 0. The molecule has 0 fully saturated rings. The van der Waals surface area contributed by atoms with Crippen LogP contribution >= 0.6 is 0 Å². The van der Waals surface area contributed by atoms with Crippen LogP contribution in [0, 0.1) is 6.92 Å². The second-order valence-corrected chi connectivity index (χ2v) is 7.50. The summed E-state index contributed by atoms with van der Waals surface area (Å²) in [6.07, 6.45) is 4.70. The van der Waals surface area contributed by atoms with Crippen LogP contribution in [-0.2, 0) is 13.5 Å². The summed E-state index contributed by atoms with van der Waals surface area (Å²) in [5, 5.41) is 12.4. The van der Waals surface area contributed by atoms with Crippen molar-refractivity contribution >= 4 is 17.3 Å². The minimum atomic E-state index is 0.0938. The second kappa shape index (κ2) is 7.95. The topological polar surface area (TPSA) is 76.8 Å². The van der Waals surface area contributed by atoms with Crippen LogP contribution in [0.15, 0.2) is 48.3 Å². The number of ketones is 1. The number of anilines is 1. The monoisotopic (exact) mass is 388 g/mol. The predicted octanol–water partition coefficient (Wildman–Crippen LogP) is 3.02. The van der Waals surface area contributed by atoms with Crippen LogP contribution in [0.4, 0.5) is 5.95 Å². The molecule has 3 heterocycles. The van der Waals surface area contributed by atoms with E-state index in [1.807, 2.05) is 25.1 Å². The van der Waals surface area contributed by atoms with Crippen LogP contribution < -0.4 is 4.90 Å². The Kier molecular flexibility index (Phi) is 5.20. The molecule has 7 heteroatoms. The minimum absolute atomic E-state index is 0.0938. The van der Waals surface area contributed by atoms with E-state index in [-0.39, 0.29) is 5.78 Å². The Morgan fingerprint density at radius 2 is 1.93 bits per heavy atom. The summed E-state index contributed by atoms with van der Waals surface area (Å²) in [6, 6.07) is 10.2. The Labute approximate surface area is 170 Å². The molecular formula is C22H24N6O. The first-order chi connectivity index (χ1) is 14.0. The third kappa shape index (κ3) is 4.08. The molecule has 4 rings (SSSR count). The van der Waals surface area contributed by atoms with E-state index in [4.69, 9.17) is 0 Å². The Hall–Kier alpha value is -3.35. The van der Waals surface area contributed by atoms with Crippen molar-refractivity contribution in [3.63, 3.8) is 0 Å². The highest BCUT2D eigenvalue weighted by Gasteiger charge is 2.21. The quantitative estimate of drug-likeness (QED) is 0.626. The number of benzene rings is 1. The van der Waals surface area contributed by atoms with E-state index < -0.39 is 0 Å². The fourth-order valence-corrected chi connectivity index (χ4v) is 3.63. The molecule has 148 valence electrons. The summed E-state index contributed by atoms with van der Waals surface area (Å²) in [7, 11) is 1.77. The zero-order chi connectivity index (χ0) is 20.4. The first kappa shape index (κ1) is 19.0. The third-order valence-electron chi connectivity index (χ3n) is 5.41. The van der Waals surface area contributed by atoms with E-state index in [0.717, 1.165) is 30.6 Å². The van der Waals surface area contributed by atoms with Gasteiger partial charge in [-0.15, -0.1) is 5.10 Å². The lowest BCUT2D eigenvalue weighted by Crippen LogP contribution is -2.31. The number of aryl methyl sites for hydroxylation is 2. The number of hydrogen-bond acceptors (Lipinski definition) is 6. The highest BCUT2D eigenvalue weighted by Crippen LogP contribution is 2.28. The van der Waals surface area contributed by atoms with Crippen LogP contribution in [0.3, 0.4) is 0 Å². The number of carbonyl (C=O) groups excluding carboxylic acids is 1. The maximum absolute atomic E-state index is 12.6. The first-order valence-corrected chi connectivity index (χ1v) is 9.72. The molecule has 0 bridgehead atoms. The highest BCUT2D eigenvalue weighted by molar-refractivity contribution is 5.98. The van der Waals surface area contributed by atoms with Gasteiger partial charge in [0.05, 0.1) is 7.05 Å². The van der Waals surface area contributed by atoms with Gasteiger partial charge < -0.3 is 4.90 Å². The van der Waals surface area contributed by atoms with Gasteiger partial charge in [0.2, 0.25) is 0 Å². The van der Waals surface area contributed by atoms with Crippen molar-refractivity contribution in [2.24, 2.45) is 7.05 Å². The van der Waals surface area contributed by atoms with Gasteiger partial charge in [-0.1, -0.05) is 34.9 Å². The van der Waals surface area contributed by atoms with Gasteiger partial charge in [-0.2, -0.15) is 4.80 Å². The van der Waals surface area contributed by atoms with Crippen molar-refractivity contribution in [3.05, 3.63) is 70.6 Å². The van der Waals surface area contributed by atoms with E-state index in [2.05, 4.69) is 44.4 Å². The molecule has 1 aromatic carbocycles. The van der Waals surface area contributed by atoms with E-state index in [1.54, 1.807) is 19.4 Å². The van der Waals surface area contributed by atoms with Crippen molar-refractivity contribution in [3.8, 4) is 0 Å². The van der Waals surface area contributed by atoms with Crippen molar-refractivity contribution in [1.29, 1.82) is 0 Å². The number of pyridine rings is 1. The SMILES string of the molecule is CC1=C(c2ccc(CC(=O)c3cnccc3C)cc2)CN(c2nnn(C)n2)CC1. The van der Waals surface area contributed by atoms with E-state index in [0.29, 0.717) is 17.9 Å². The standard InChI is InChI=1S/C22H24N6O/c1-15-8-10-23-13-19(15)21(29)12-17-4-6-18(7-5-17)20-14-28(11-9-16(20)2)22-24-26-27(3)25-22/h4-8,10,13H,9,11-12,14H2,1-3H3. The fourth-order valence-electron chi connectivity index (χ4n) is 3.63. The van der Waals surface area contributed by atoms with Crippen LogP contribution in [0.2, 0.25) is 0 Å². The van der Waals surface area contributed by atoms with Crippen molar-refractivity contribution in [2.75, 3.05) is 18.0 Å². The second-order valence-electron chi connectivity index (χ2n) is 7.50. The Bertz CT molecular complexity index is 1070. The summed E-state index contributed by atoms with van der Waals surface area (Å²) in [5.74, 6) is 0.753. The van der Waals surface area contributed by atoms with Gasteiger partial charge >= 0.3 is 0 Å². The number of Topliss-reactive ketones (excluding diaryl/α,β-unsaturated/α-hetero) is 1. The zero-order valence-electron chi connectivity index (χ0n) is 17.0. The van der Waals surface area contributed by atoms with Gasteiger partial charge in [0, 0.05) is 37.5 Å². The van der Waals surface area contributed by atoms with Crippen molar-refractivity contribution in [2.45, 2.75) is 26.7 Å². The average Bonchev–Trinajstić information content (AvgIpc) is 3.16. The van der Waals surface area contributed by atoms with Gasteiger partial charge in [0.1, 0.15) is 0 Å². The molecule has 0 atom stereocenters. The number of rotatable bonds is 5. The van der Waals surface area contributed by atoms with Crippen LogP contribution in [0.25, 0.3) is 5.57 Å². The lowest BCUT2D eigenvalue weighted by atomic mass is 9.93. The highest BCUT2D eigenvalue weighted by atomic mass is 16.1. The maximum Gasteiger partial charge on any atom is 0.266 e. The average molecular weight is 388 g/mol. The molecule has 0 N–H and O–H groups in total. The molecule has 3 aromatic rings. The number of carbonyl (C=O) groups is 1. The molecule has 2 aromatic heterocycles. The van der Waals surface area contributed by atoms with Crippen LogP contribution in [0.1, 0.15) is 40.4 Å². The molecule has 0 amide bonds. The smallest absolute Gasteiger partial charge is 0.266 e. The summed E-state index contributed by atoms with van der Waals surface area (Å²) in [4.78, 5) is 20.3. The molecular weight excluding hydrogens is 364 g/mol. The number of tetrazole rings is 1. The maximum atomic E-state index is 12.6. The predicted molar refractivity (Wildman–Crippen MR) is 112 cm³/mol. The Morgan fingerprint density at radius 3 is 2.62 bits per heavy atom. The molecule has 29 heavy (non-hydrogen) atoms. The molecule has 0 saturated carbocycles. The minimum Gasteiger partial charge on any atom is -0.334 e. The molecule has 0 aliphatic carbocycles. The van der Waals surface area contributed by atoms with Crippen molar-refractivity contribution < 1.29 is 4.79 Å². The van der Waals surface area contributed by atoms with Gasteiger partial charge in [0.15, 0.2) is 5.78 Å². The van der Waals surface area contributed by atoms with E-state index in [9.17, 15) is 4.79 Å².